The first kappa shape index (κ1) is 15.2. The highest BCUT2D eigenvalue weighted by molar-refractivity contribution is 5.97. The van der Waals surface area contributed by atoms with Crippen molar-refractivity contribution in [2.75, 3.05) is 39.8 Å². The number of carbonyl (C=O) groups excluding carboxylic acids is 1. The van der Waals surface area contributed by atoms with Gasteiger partial charge in [0.2, 0.25) is 0 Å². The number of aldehydes is 1. The molecule has 1 atom stereocenters. The van der Waals surface area contributed by atoms with E-state index in [-0.39, 0.29) is 0 Å². The molecule has 0 unspecified atom stereocenters. The highest BCUT2D eigenvalue weighted by atomic mass is 16.3. The van der Waals surface area contributed by atoms with Crippen LogP contribution >= 0.6 is 0 Å². The number of fused-ring (bicyclic) bond motifs is 1. The molecule has 1 aliphatic heterocycles. The van der Waals surface area contributed by atoms with E-state index in [9.17, 15) is 9.90 Å². The Balaban J connectivity index is 1.69. The van der Waals surface area contributed by atoms with Crippen molar-refractivity contribution >= 4 is 17.2 Å². The lowest BCUT2D eigenvalue weighted by Crippen LogP contribution is -2.47. The van der Waals surface area contributed by atoms with Crippen molar-refractivity contribution in [3.8, 4) is 0 Å². The molecular formula is C17H23N3O2. The molecule has 2 heterocycles. The molecule has 2 aromatic rings. The van der Waals surface area contributed by atoms with Crippen LogP contribution in [0.25, 0.3) is 10.9 Å². The Labute approximate surface area is 130 Å². The summed E-state index contributed by atoms with van der Waals surface area (Å²) in [5.74, 6) is 0. The molecular weight excluding hydrogens is 278 g/mol. The normalized spacial score (nSPS) is 18.6. The lowest BCUT2D eigenvalue weighted by atomic mass is 10.2. The molecule has 1 aromatic heterocycles. The van der Waals surface area contributed by atoms with E-state index >= 15 is 0 Å². The summed E-state index contributed by atoms with van der Waals surface area (Å²) in [7, 11) is 2.13. The molecule has 1 aromatic carbocycles. The Morgan fingerprint density at radius 2 is 1.91 bits per heavy atom. The Hall–Kier alpha value is -1.69. The predicted molar refractivity (Wildman–Crippen MR) is 87.3 cm³/mol. The molecule has 3 rings (SSSR count). The number of likely N-dealkylation sites (N-methyl/N-ethyl adjacent to an activating group) is 1. The Kier molecular flexibility index (Phi) is 4.57. The second kappa shape index (κ2) is 6.60. The molecule has 0 spiro atoms. The third-order valence-corrected chi connectivity index (χ3v) is 4.42. The standard InChI is InChI=1S/C17H23N3O2/c1-18-6-8-19(9-7-18)11-15(22)12-20-10-14(13-21)16-4-2-3-5-17(16)20/h2-5,10,13,15,22H,6-9,11-12H2,1H3/t15-/m0/s1. The lowest BCUT2D eigenvalue weighted by molar-refractivity contribution is 0.0717. The van der Waals surface area contributed by atoms with E-state index in [0.29, 0.717) is 18.7 Å². The molecule has 5 nitrogen and oxygen atoms in total. The average molecular weight is 301 g/mol. The summed E-state index contributed by atoms with van der Waals surface area (Å²) < 4.78 is 1.99. The summed E-state index contributed by atoms with van der Waals surface area (Å²) in [6, 6.07) is 7.83. The van der Waals surface area contributed by atoms with Crippen LogP contribution in [0.4, 0.5) is 0 Å². The zero-order chi connectivity index (χ0) is 15.5. The summed E-state index contributed by atoms with van der Waals surface area (Å²) in [5, 5.41) is 11.3. The maximum Gasteiger partial charge on any atom is 0.152 e. The quantitative estimate of drug-likeness (QED) is 0.839. The third kappa shape index (κ3) is 3.21. The van der Waals surface area contributed by atoms with Gasteiger partial charge in [0.25, 0.3) is 0 Å². The van der Waals surface area contributed by atoms with Crippen LogP contribution in [-0.2, 0) is 6.54 Å². The zero-order valence-electron chi connectivity index (χ0n) is 13.0. The molecule has 5 heteroatoms. The first-order chi connectivity index (χ1) is 10.7. The number of rotatable bonds is 5. The van der Waals surface area contributed by atoms with E-state index in [0.717, 1.165) is 43.4 Å². The Bertz CT molecular complexity index is 644. The van der Waals surface area contributed by atoms with Gasteiger partial charge in [-0.15, -0.1) is 0 Å². The van der Waals surface area contributed by atoms with E-state index < -0.39 is 6.10 Å². The number of hydrogen-bond acceptors (Lipinski definition) is 4. The molecule has 0 radical (unpaired) electrons. The summed E-state index contributed by atoms with van der Waals surface area (Å²) >= 11 is 0. The van der Waals surface area contributed by atoms with Crippen molar-refractivity contribution in [1.82, 2.24) is 14.4 Å². The fourth-order valence-electron chi connectivity index (χ4n) is 3.13. The van der Waals surface area contributed by atoms with E-state index in [2.05, 4.69) is 16.8 Å². The number of hydrogen-bond donors (Lipinski definition) is 1. The fraction of sp³-hybridized carbons (Fsp3) is 0.471. The zero-order valence-corrected chi connectivity index (χ0v) is 13.0. The first-order valence-electron chi connectivity index (χ1n) is 7.79. The monoisotopic (exact) mass is 301 g/mol. The van der Waals surface area contributed by atoms with Crippen molar-refractivity contribution in [3.05, 3.63) is 36.0 Å². The van der Waals surface area contributed by atoms with Crippen LogP contribution in [-0.4, -0.2) is 71.6 Å². The predicted octanol–water partition coefficient (Wildman–Crippen LogP) is 1.06. The van der Waals surface area contributed by atoms with Crippen molar-refractivity contribution in [2.24, 2.45) is 0 Å². The van der Waals surface area contributed by atoms with E-state index in [4.69, 9.17) is 0 Å². The van der Waals surface area contributed by atoms with Gasteiger partial charge in [0.1, 0.15) is 0 Å². The van der Waals surface area contributed by atoms with Gasteiger partial charge >= 0.3 is 0 Å². The lowest BCUT2D eigenvalue weighted by Gasteiger charge is -2.33. The minimum atomic E-state index is -0.432. The van der Waals surface area contributed by atoms with E-state index in [1.54, 1.807) is 0 Å². The van der Waals surface area contributed by atoms with Gasteiger partial charge in [-0.25, -0.2) is 0 Å². The molecule has 1 saturated heterocycles. The number of aromatic nitrogens is 1. The molecule has 0 saturated carbocycles. The van der Waals surface area contributed by atoms with Gasteiger partial charge in [-0.3, -0.25) is 9.69 Å². The summed E-state index contributed by atoms with van der Waals surface area (Å²) in [4.78, 5) is 15.8. The molecule has 118 valence electrons. The molecule has 0 aliphatic carbocycles. The summed E-state index contributed by atoms with van der Waals surface area (Å²) in [6.45, 7) is 5.29. The Morgan fingerprint density at radius 1 is 1.18 bits per heavy atom. The van der Waals surface area contributed by atoms with Crippen LogP contribution in [0, 0.1) is 0 Å². The first-order valence-corrected chi connectivity index (χ1v) is 7.79. The fourth-order valence-corrected chi connectivity index (χ4v) is 3.13. The smallest absolute Gasteiger partial charge is 0.152 e. The minimum Gasteiger partial charge on any atom is -0.390 e. The van der Waals surface area contributed by atoms with Gasteiger partial charge in [-0.1, -0.05) is 18.2 Å². The average Bonchev–Trinajstić information content (AvgIpc) is 2.88. The van der Waals surface area contributed by atoms with Crippen LogP contribution in [0.3, 0.4) is 0 Å². The SMILES string of the molecule is CN1CCN(C[C@H](O)Cn2cc(C=O)c3ccccc32)CC1. The van der Waals surface area contributed by atoms with Gasteiger partial charge in [-0.2, -0.15) is 0 Å². The number of carbonyl (C=O) groups is 1. The molecule has 0 amide bonds. The largest absolute Gasteiger partial charge is 0.390 e. The number of aliphatic hydroxyl groups is 1. The van der Waals surface area contributed by atoms with Crippen molar-refractivity contribution in [1.29, 1.82) is 0 Å². The number of nitrogens with zero attached hydrogens (tertiary/aromatic N) is 3. The van der Waals surface area contributed by atoms with Crippen molar-refractivity contribution in [2.45, 2.75) is 12.6 Å². The van der Waals surface area contributed by atoms with Crippen LogP contribution in [0.15, 0.2) is 30.5 Å². The molecule has 0 bridgehead atoms. The summed E-state index contributed by atoms with van der Waals surface area (Å²) in [5.41, 5.74) is 1.68. The van der Waals surface area contributed by atoms with Gasteiger partial charge < -0.3 is 14.6 Å². The highest BCUT2D eigenvalue weighted by Crippen LogP contribution is 2.20. The maximum absolute atomic E-state index is 11.2. The number of aliphatic hydroxyl groups excluding tert-OH is 1. The van der Waals surface area contributed by atoms with Crippen LogP contribution < -0.4 is 0 Å². The van der Waals surface area contributed by atoms with Gasteiger partial charge in [0.05, 0.1) is 6.10 Å². The van der Waals surface area contributed by atoms with Gasteiger partial charge in [-0.05, 0) is 13.1 Å². The van der Waals surface area contributed by atoms with Gasteiger partial charge in [0, 0.05) is 61.9 Å². The number of β-amino-alcohol motifs (C(OH)–C–C–N with tert-alkyl or cyclic N) is 1. The van der Waals surface area contributed by atoms with Crippen LogP contribution in [0.1, 0.15) is 10.4 Å². The summed E-state index contributed by atoms with van der Waals surface area (Å²) in [6.07, 6.45) is 2.29. The molecule has 1 fully saturated rings. The van der Waals surface area contributed by atoms with E-state index in [1.807, 2.05) is 35.0 Å². The third-order valence-electron chi connectivity index (χ3n) is 4.42. The topological polar surface area (TPSA) is 48.7 Å². The second-order valence-electron chi connectivity index (χ2n) is 6.13. The second-order valence-corrected chi connectivity index (χ2v) is 6.13. The Morgan fingerprint density at radius 3 is 2.64 bits per heavy atom. The van der Waals surface area contributed by atoms with Crippen LogP contribution in [0.5, 0.6) is 0 Å². The molecule has 1 aliphatic rings. The number of benzene rings is 1. The number of piperazine rings is 1. The molecule has 1 N–H and O–H groups in total. The maximum atomic E-state index is 11.2. The highest BCUT2D eigenvalue weighted by Gasteiger charge is 2.18. The van der Waals surface area contributed by atoms with E-state index in [1.165, 1.54) is 0 Å². The number of para-hydroxylation sites is 1. The van der Waals surface area contributed by atoms with Gasteiger partial charge in [0.15, 0.2) is 6.29 Å². The van der Waals surface area contributed by atoms with Crippen LogP contribution in [0.2, 0.25) is 0 Å². The van der Waals surface area contributed by atoms with Crippen molar-refractivity contribution < 1.29 is 9.90 Å². The minimum absolute atomic E-state index is 0.432. The molecule has 22 heavy (non-hydrogen) atoms. The van der Waals surface area contributed by atoms with Crippen molar-refractivity contribution in [3.63, 3.8) is 0 Å².